The first-order valence-electron chi connectivity index (χ1n) is 8.70. The van der Waals surface area contributed by atoms with Crippen molar-refractivity contribution < 1.29 is 31.6 Å². The van der Waals surface area contributed by atoms with Crippen LogP contribution in [-0.2, 0) is 6.54 Å². The van der Waals surface area contributed by atoms with Gasteiger partial charge in [0, 0.05) is 28.5 Å². The van der Waals surface area contributed by atoms with Gasteiger partial charge < -0.3 is 18.9 Å². The number of H-pyrrole nitrogens is 1. The van der Waals surface area contributed by atoms with E-state index in [4.69, 9.17) is 4.52 Å². The van der Waals surface area contributed by atoms with Gasteiger partial charge in [-0.05, 0) is 30.3 Å². The maximum absolute atomic E-state index is 12.8. The minimum absolute atomic E-state index is 0.259. The molecule has 31 heavy (non-hydrogen) atoms. The van der Waals surface area contributed by atoms with Gasteiger partial charge in [-0.25, -0.2) is 0 Å². The molecule has 4 rings (SSSR count). The molecule has 7 nitrogen and oxygen atoms in total. The van der Waals surface area contributed by atoms with Crippen molar-refractivity contribution in [3.63, 3.8) is 0 Å². The molecule has 0 unspecified atom stereocenters. The lowest BCUT2D eigenvalue weighted by Gasteiger charge is -2.25. The zero-order valence-electron chi connectivity index (χ0n) is 15.4. The van der Waals surface area contributed by atoms with Crippen molar-refractivity contribution in [3.8, 4) is 11.5 Å². The van der Waals surface area contributed by atoms with Gasteiger partial charge in [-0.3, -0.25) is 9.78 Å². The highest BCUT2D eigenvalue weighted by Gasteiger charge is 2.20. The molecule has 0 saturated heterocycles. The lowest BCUT2D eigenvalue weighted by atomic mass is 10.2. The van der Waals surface area contributed by atoms with Crippen molar-refractivity contribution in [2.24, 2.45) is 0 Å². The van der Waals surface area contributed by atoms with Gasteiger partial charge in [-0.15, -0.1) is 11.3 Å². The fourth-order valence-corrected chi connectivity index (χ4v) is 3.54. The molecule has 0 aliphatic rings. The Morgan fingerprint density at radius 1 is 1.03 bits per heavy atom. The van der Waals surface area contributed by atoms with Crippen LogP contribution in [0.2, 0.25) is 0 Å². The summed E-state index contributed by atoms with van der Waals surface area (Å²) in [5, 5.41) is 2.52. The van der Waals surface area contributed by atoms with E-state index in [1.54, 1.807) is 34.8 Å². The number of ether oxygens (including phenoxy) is 2. The first-order valence-corrected chi connectivity index (χ1v) is 9.58. The lowest BCUT2D eigenvalue weighted by molar-refractivity contribution is -0.0692. The molecule has 12 heteroatoms. The summed E-state index contributed by atoms with van der Waals surface area (Å²) in [6.07, 6.45) is 1.63. The van der Waals surface area contributed by atoms with Gasteiger partial charge >= 0.3 is 13.2 Å². The van der Waals surface area contributed by atoms with E-state index in [-0.39, 0.29) is 11.9 Å². The summed E-state index contributed by atoms with van der Waals surface area (Å²) in [5.41, 5.74) is 2.40. The van der Waals surface area contributed by atoms with Gasteiger partial charge in [0.05, 0.1) is 17.4 Å². The van der Waals surface area contributed by atoms with Crippen molar-refractivity contribution >= 4 is 33.7 Å². The van der Waals surface area contributed by atoms with Gasteiger partial charge in [0.1, 0.15) is 0 Å². The zero-order valence-corrected chi connectivity index (χ0v) is 16.2. The standard InChI is InChI=1S/C19H13F4N3O4S/c20-18(21)28-15-4-2-11(6-16(15)29-19(22)23)26(8-12-7-24-9-31-12)10-1-3-14-13(5-10)17(27)25-30-14/h1-7,9,18-19H,8H2,(H,25,27). The Kier molecular flexibility index (Phi) is 5.80. The fourth-order valence-electron chi connectivity index (χ4n) is 2.96. The molecule has 1 N–H and O–H groups in total. The molecular weight excluding hydrogens is 442 g/mol. The van der Waals surface area contributed by atoms with Crippen LogP contribution >= 0.6 is 11.3 Å². The summed E-state index contributed by atoms with van der Waals surface area (Å²) < 4.78 is 64.7. The van der Waals surface area contributed by atoms with E-state index in [1.807, 2.05) is 0 Å². The number of hydrogen-bond donors (Lipinski definition) is 1. The Bertz CT molecular complexity index is 1230. The Labute approximate surface area is 175 Å². The maximum Gasteiger partial charge on any atom is 0.387 e. The van der Waals surface area contributed by atoms with E-state index < -0.39 is 30.3 Å². The highest BCUT2D eigenvalue weighted by molar-refractivity contribution is 7.09. The van der Waals surface area contributed by atoms with Crippen LogP contribution in [0.15, 0.2) is 57.4 Å². The predicted molar refractivity (Wildman–Crippen MR) is 104 cm³/mol. The Morgan fingerprint density at radius 3 is 2.45 bits per heavy atom. The van der Waals surface area contributed by atoms with Crippen molar-refractivity contribution in [2.75, 3.05) is 4.90 Å². The number of alkyl halides is 4. The molecule has 162 valence electrons. The van der Waals surface area contributed by atoms with Crippen LogP contribution in [-0.4, -0.2) is 23.4 Å². The second kappa shape index (κ2) is 8.68. The normalized spacial score (nSPS) is 11.4. The van der Waals surface area contributed by atoms with Crippen LogP contribution in [0.5, 0.6) is 11.5 Å². The number of rotatable bonds is 8. The smallest absolute Gasteiger partial charge is 0.387 e. The van der Waals surface area contributed by atoms with E-state index in [0.29, 0.717) is 17.0 Å². The first-order chi connectivity index (χ1) is 14.9. The number of halogens is 4. The van der Waals surface area contributed by atoms with Crippen LogP contribution in [0.3, 0.4) is 0 Å². The van der Waals surface area contributed by atoms with Gasteiger partial charge in [-0.2, -0.15) is 22.7 Å². The molecule has 0 atom stereocenters. The van der Waals surface area contributed by atoms with E-state index >= 15 is 0 Å². The second-order valence-electron chi connectivity index (χ2n) is 6.16. The summed E-state index contributed by atoms with van der Waals surface area (Å²) in [7, 11) is 0. The van der Waals surface area contributed by atoms with E-state index in [1.165, 1.54) is 17.4 Å². The highest BCUT2D eigenvalue weighted by Crippen LogP contribution is 2.38. The van der Waals surface area contributed by atoms with Crippen LogP contribution in [0, 0.1) is 0 Å². The van der Waals surface area contributed by atoms with Crippen LogP contribution < -0.4 is 19.9 Å². The number of aromatic nitrogens is 2. The molecule has 2 heterocycles. The van der Waals surface area contributed by atoms with Crippen molar-refractivity contribution in [2.45, 2.75) is 19.8 Å². The molecule has 0 bridgehead atoms. The topological polar surface area (TPSA) is 80.6 Å². The van der Waals surface area contributed by atoms with Crippen molar-refractivity contribution in [3.05, 3.63) is 63.3 Å². The largest absolute Gasteiger partial charge is 0.431 e. The number of nitrogens with one attached hydrogen (secondary N) is 1. The third-order valence-electron chi connectivity index (χ3n) is 4.24. The zero-order chi connectivity index (χ0) is 22.0. The molecule has 2 aromatic heterocycles. The summed E-state index contributed by atoms with van der Waals surface area (Å²) in [5.74, 6) is -1.08. The van der Waals surface area contributed by atoms with Gasteiger partial charge in [-0.1, -0.05) is 0 Å². The molecule has 0 radical (unpaired) electrons. The molecule has 0 spiro atoms. The minimum Gasteiger partial charge on any atom is -0.431 e. The van der Waals surface area contributed by atoms with Gasteiger partial charge in [0.2, 0.25) is 0 Å². The third kappa shape index (κ3) is 4.63. The summed E-state index contributed by atoms with van der Waals surface area (Å²) in [6, 6.07) is 8.50. The average molecular weight is 455 g/mol. The van der Waals surface area contributed by atoms with Crippen molar-refractivity contribution in [1.29, 1.82) is 0 Å². The number of hydrogen-bond acceptors (Lipinski definition) is 7. The van der Waals surface area contributed by atoms with Crippen LogP contribution in [0.4, 0.5) is 28.9 Å². The van der Waals surface area contributed by atoms with E-state index in [9.17, 15) is 22.4 Å². The number of thiazole rings is 1. The molecular formula is C19H13F4N3O4S. The second-order valence-corrected chi connectivity index (χ2v) is 7.13. The highest BCUT2D eigenvalue weighted by atomic mass is 32.1. The Balaban J connectivity index is 1.80. The number of fused-ring (bicyclic) bond motifs is 1. The number of anilines is 2. The lowest BCUT2D eigenvalue weighted by Crippen LogP contribution is -2.17. The molecule has 0 fully saturated rings. The molecule has 4 aromatic rings. The molecule has 0 aliphatic carbocycles. The summed E-state index contributed by atoms with van der Waals surface area (Å²) in [4.78, 5) is 18.5. The molecule has 0 saturated carbocycles. The molecule has 0 amide bonds. The molecule has 0 aliphatic heterocycles. The average Bonchev–Trinajstić information content (AvgIpc) is 3.36. The predicted octanol–water partition coefficient (Wildman–Crippen LogP) is 5.12. The first kappa shape index (κ1) is 20.7. The maximum atomic E-state index is 12.8. The number of benzene rings is 2. The van der Waals surface area contributed by atoms with Crippen LogP contribution in [0.25, 0.3) is 11.0 Å². The number of nitrogens with zero attached hydrogens (tertiary/aromatic N) is 2. The SMILES string of the molecule is O=c1[nH]oc2ccc(N(Cc3cncs3)c3ccc(OC(F)F)c(OC(F)F)c3)cc12. The summed E-state index contributed by atoms with van der Waals surface area (Å²) >= 11 is 1.36. The monoisotopic (exact) mass is 455 g/mol. The van der Waals surface area contributed by atoms with E-state index in [0.717, 1.165) is 17.0 Å². The summed E-state index contributed by atoms with van der Waals surface area (Å²) in [6.45, 7) is -6.20. The Morgan fingerprint density at radius 2 is 1.74 bits per heavy atom. The minimum atomic E-state index is -3.24. The van der Waals surface area contributed by atoms with Gasteiger partial charge in [0.25, 0.3) is 5.56 Å². The van der Waals surface area contributed by atoms with Crippen LogP contribution in [0.1, 0.15) is 4.88 Å². The van der Waals surface area contributed by atoms with Gasteiger partial charge in [0.15, 0.2) is 17.1 Å². The third-order valence-corrected chi connectivity index (χ3v) is 5.01. The van der Waals surface area contributed by atoms with Crippen molar-refractivity contribution in [1.82, 2.24) is 10.1 Å². The quantitative estimate of drug-likeness (QED) is 0.372. The number of aromatic amines is 1. The fraction of sp³-hybridized carbons (Fsp3) is 0.158. The van der Waals surface area contributed by atoms with E-state index in [2.05, 4.69) is 19.6 Å². The Hall–Kier alpha value is -3.54. The molecule has 2 aromatic carbocycles.